The van der Waals surface area contributed by atoms with E-state index in [1.54, 1.807) is 43.3 Å². The molecule has 0 aromatic heterocycles. The summed E-state index contributed by atoms with van der Waals surface area (Å²) in [6, 6.07) is 16.4. The van der Waals surface area contributed by atoms with E-state index in [1.165, 1.54) is 29.2 Å². The molecule has 1 N–H and O–H groups in total. The average Bonchev–Trinajstić information content (AvgIpc) is 3.45. The van der Waals surface area contributed by atoms with E-state index in [-0.39, 0.29) is 29.1 Å². The molecule has 1 aliphatic rings. The van der Waals surface area contributed by atoms with Crippen LogP contribution in [0.2, 0.25) is 10.0 Å². The lowest BCUT2D eigenvalue weighted by Gasteiger charge is -2.33. The molecule has 2 amide bonds. The van der Waals surface area contributed by atoms with Gasteiger partial charge in [0.15, 0.2) is 0 Å². The molecular formula is C29H30Cl2FN3O4S. The Hall–Kier alpha value is -3.14. The Morgan fingerprint density at radius 1 is 0.950 bits per heavy atom. The molecule has 7 nitrogen and oxygen atoms in total. The lowest BCUT2D eigenvalue weighted by atomic mass is 10.1. The maximum atomic E-state index is 14.0. The molecule has 0 bridgehead atoms. The van der Waals surface area contributed by atoms with Crippen LogP contribution in [0.3, 0.4) is 0 Å². The lowest BCUT2D eigenvalue weighted by Crippen LogP contribution is -2.52. The van der Waals surface area contributed by atoms with Gasteiger partial charge in [0.2, 0.25) is 11.8 Å². The number of hydrogen-bond acceptors (Lipinski definition) is 4. The second-order valence-electron chi connectivity index (χ2n) is 9.69. The number of carbonyl (C=O) groups excluding carboxylic acids is 2. The molecule has 11 heteroatoms. The summed E-state index contributed by atoms with van der Waals surface area (Å²) in [6.07, 6.45) is 3.75. The number of sulfonamides is 1. The van der Waals surface area contributed by atoms with E-state index in [4.69, 9.17) is 23.2 Å². The van der Waals surface area contributed by atoms with Crippen molar-refractivity contribution in [1.82, 2.24) is 10.2 Å². The molecule has 1 saturated carbocycles. The summed E-state index contributed by atoms with van der Waals surface area (Å²) < 4.78 is 42.1. The smallest absolute Gasteiger partial charge is 0.264 e. The highest BCUT2D eigenvalue weighted by Gasteiger charge is 2.34. The summed E-state index contributed by atoms with van der Waals surface area (Å²) in [7, 11) is -4.24. The predicted molar refractivity (Wildman–Crippen MR) is 154 cm³/mol. The topological polar surface area (TPSA) is 86.8 Å². The number of amides is 2. The van der Waals surface area contributed by atoms with Gasteiger partial charge in [-0.05, 0) is 68.3 Å². The van der Waals surface area contributed by atoms with Gasteiger partial charge in [-0.3, -0.25) is 13.9 Å². The summed E-state index contributed by atoms with van der Waals surface area (Å²) in [5, 5.41) is 3.62. The first kappa shape index (κ1) is 29.8. The first-order chi connectivity index (χ1) is 19.1. The average molecular weight is 607 g/mol. The van der Waals surface area contributed by atoms with Crippen LogP contribution in [0.5, 0.6) is 0 Å². The Bertz CT molecular complexity index is 1430. The van der Waals surface area contributed by atoms with Crippen molar-refractivity contribution in [3.63, 3.8) is 0 Å². The molecule has 4 rings (SSSR count). The molecule has 1 atom stereocenters. The minimum Gasteiger partial charge on any atom is -0.352 e. The standard InChI is InChI=1S/C29H30Cl2FN3O4S/c1-20(29(37)33-22-8-5-6-9-22)34(18-25-26(30)12-7-13-27(25)31)28(36)19-35(23-16-14-21(32)15-17-23)40(38,39)24-10-3-2-4-11-24/h2-4,7,10-17,20,22H,5-6,8-9,18-19H2,1H3,(H,33,37)/t20-/m0/s1. The highest BCUT2D eigenvalue weighted by molar-refractivity contribution is 7.92. The Morgan fingerprint density at radius 3 is 2.15 bits per heavy atom. The van der Waals surface area contributed by atoms with Crippen molar-refractivity contribution in [1.29, 1.82) is 0 Å². The third-order valence-corrected chi connectivity index (χ3v) is 9.48. The zero-order valence-corrected chi connectivity index (χ0v) is 24.2. The summed E-state index contributed by atoms with van der Waals surface area (Å²) in [4.78, 5) is 28.5. The SMILES string of the molecule is C[C@@H](C(=O)NC1CCCC1)N(Cc1c(Cl)cccc1Cl)C(=O)CN(c1ccc(F)cc1)S(=O)(=O)c1ccccc1. The number of benzene rings is 3. The summed E-state index contributed by atoms with van der Waals surface area (Å²) in [5.74, 6) is -1.57. The van der Waals surface area contributed by atoms with E-state index in [9.17, 15) is 22.4 Å². The van der Waals surface area contributed by atoms with Crippen LogP contribution in [0.1, 0.15) is 38.2 Å². The van der Waals surface area contributed by atoms with Crippen LogP contribution in [0.25, 0.3) is 0 Å². The van der Waals surface area contributed by atoms with Crippen molar-refractivity contribution in [2.75, 3.05) is 10.8 Å². The Balaban J connectivity index is 1.70. The van der Waals surface area contributed by atoms with Crippen molar-refractivity contribution < 1.29 is 22.4 Å². The molecular weight excluding hydrogens is 576 g/mol. The second kappa shape index (κ2) is 13.0. The fraction of sp³-hybridized carbons (Fsp3) is 0.310. The second-order valence-corrected chi connectivity index (χ2v) is 12.4. The van der Waals surface area contributed by atoms with Gasteiger partial charge in [-0.15, -0.1) is 0 Å². The van der Waals surface area contributed by atoms with Crippen LogP contribution in [-0.2, 0) is 26.2 Å². The number of nitrogens with one attached hydrogen (secondary N) is 1. The quantitative estimate of drug-likeness (QED) is 0.316. The first-order valence-corrected chi connectivity index (χ1v) is 15.1. The van der Waals surface area contributed by atoms with Crippen molar-refractivity contribution in [2.45, 2.75) is 56.1 Å². The molecule has 3 aromatic rings. The molecule has 0 aliphatic heterocycles. The molecule has 212 valence electrons. The summed E-state index contributed by atoms with van der Waals surface area (Å²) in [6.45, 7) is 0.812. The molecule has 1 aliphatic carbocycles. The van der Waals surface area contributed by atoms with Crippen molar-refractivity contribution in [2.24, 2.45) is 0 Å². The lowest BCUT2D eigenvalue weighted by molar-refractivity contribution is -0.139. The van der Waals surface area contributed by atoms with E-state index < -0.39 is 34.3 Å². The van der Waals surface area contributed by atoms with Gasteiger partial charge in [0.1, 0.15) is 18.4 Å². The minimum atomic E-state index is -4.24. The molecule has 0 radical (unpaired) electrons. The number of halogens is 3. The van der Waals surface area contributed by atoms with Crippen molar-refractivity contribution in [3.8, 4) is 0 Å². The van der Waals surface area contributed by atoms with E-state index in [1.807, 2.05) is 0 Å². The van der Waals surface area contributed by atoms with Crippen LogP contribution < -0.4 is 9.62 Å². The molecule has 1 fully saturated rings. The van der Waals surface area contributed by atoms with E-state index >= 15 is 0 Å². The van der Waals surface area contributed by atoms with E-state index in [0.717, 1.165) is 42.1 Å². The maximum absolute atomic E-state index is 14.0. The Morgan fingerprint density at radius 2 is 1.55 bits per heavy atom. The molecule has 0 unspecified atom stereocenters. The van der Waals surface area contributed by atoms with E-state index in [0.29, 0.717) is 15.6 Å². The zero-order chi connectivity index (χ0) is 28.9. The van der Waals surface area contributed by atoms with Gasteiger partial charge < -0.3 is 10.2 Å². The predicted octanol–water partition coefficient (Wildman–Crippen LogP) is 5.80. The molecule has 0 spiro atoms. The van der Waals surface area contributed by atoms with Gasteiger partial charge >= 0.3 is 0 Å². The van der Waals surface area contributed by atoms with Gasteiger partial charge in [0, 0.05) is 28.2 Å². The monoisotopic (exact) mass is 605 g/mol. The molecule has 3 aromatic carbocycles. The summed E-state index contributed by atoms with van der Waals surface area (Å²) in [5.41, 5.74) is 0.524. The van der Waals surface area contributed by atoms with Gasteiger partial charge in [0.25, 0.3) is 10.0 Å². The van der Waals surface area contributed by atoms with Crippen LogP contribution >= 0.6 is 23.2 Å². The zero-order valence-electron chi connectivity index (χ0n) is 21.9. The fourth-order valence-corrected chi connectivity index (χ4v) is 6.64. The number of carbonyl (C=O) groups is 2. The minimum absolute atomic E-state index is 0.0185. The third-order valence-electron chi connectivity index (χ3n) is 6.98. The number of anilines is 1. The highest BCUT2D eigenvalue weighted by atomic mass is 35.5. The van der Waals surface area contributed by atoms with E-state index in [2.05, 4.69) is 5.32 Å². The fourth-order valence-electron chi connectivity index (χ4n) is 4.68. The highest BCUT2D eigenvalue weighted by Crippen LogP contribution is 2.28. The first-order valence-electron chi connectivity index (χ1n) is 12.9. The summed E-state index contributed by atoms with van der Waals surface area (Å²) >= 11 is 12.8. The van der Waals surface area contributed by atoms with Crippen molar-refractivity contribution >= 4 is 50.7 Å². The van der Waals surface area contributed by atoms with Gasteiger partial charge in [0.05, 0.1) is 10.6 Å². The number of nitrogens with zero attached hydrogens (tertiary/aromatic N) is 2. The van der Waals surface area contributed by atoms with Gasteiger partial charge in [-0.25, -0.2) is 12.8 Å². The number of rotatable bonds is 10. The van der Waals surface area contributed by atoms with Crippen LogP contribution in [0, 0.1) is 5.82 Å². The third kappa shape index (κ3) is 6.95. The normalized spacial score (nSPS) is 14.5. The van der Waals surface area contributed by atoms with Gasteiger partial charge in [-0.2, -0.15) is 0 Å². The Labute approximate surface area is 243 Å². The maximum Gasteiger partial charge on any atom is 0.264 e. The van der Waals surface area contributed by atoms with Gasteiger partial charge in [-0.1, -0.05) is 60.3 Å². The van der Waals surface area contributed by atoms with Crippen LogP contribution in [0.4, 0.5) is 10.1 Å². The molecule has 0 saturated heterocycles. The van der Waals surface area contributed by atoms with Crippen LogP contribution in [0.15, 0.2) is 77.7 Å². The molecule has 0 heterocycles. The Kier molecular flexibility index (Phi) is 9.71. The van der Waals surface area contributed by atoms with Crippen molar-refractivity contribution in [3.05, 3.63) is 94.2 Å². The number of hydrogen-bond donors (Lipinski definition) is 1. The molecule has 40 heavy (non-hydrogen) atoms. The largest absolute Gasteiger partial charge is 0.352 e. The van der Waals surface area contributed by atoms with Crippen LogP contribution in [-0.4, -0.2) is 43.8 Å².